The van der Waals surface area contributed by atoms with E-state index in [2.05, 4.69) is 10.6 Å². The first-order valence-corrected chi connectivity index (χ1v) is 8.19. The first-order chi connectivity index (χ1) is 10.5. The lowest BCUT2D eigenvalue weighted by molar-refractivity contribution is 0.101. The highest BCUT2D eigenvalue weighted by Gasteiger charge is 2.20. The average molecular weight is 330 g/mol. The van der Waals surface area contributed by atoms with Crippen LogP contribution in [0.25, 0.3) is 0 Å². The van der Waals surface area contributed by atoms with E-state index in [9.17, 15) is 18.7 Å². The molecule has 0 bridgehead atoms. The molecule has 0 spiro atoms. The molecule has 0 aliphatic heterocycles. The molecule has 1 aromatic carbocycles. The summed E-state index contributed by atoms with van der Waals surface area (Å²) in [6.45, 7) is 0.479. The zero-order chi connectivity index (χ0) is 15.9. The summed E-state index contributed by atoms with van der Waals surface area (Å²) in [5.74, 6) is -2.27. The SMILES string of the molecule is O=C(NCC1CCCC(O)C1)Nc1ccccc1SC(F)F. The highest BCUT2D eigenvalue weighted by molar-refractivity contribution is 7.99. The Hall–Kier alpha value is -1.34. The van der Waals surface area contributed by atoms with E-state index in [-0.39, 0.29) is 12.0 Å². The Kier molecular flexibility index (Phi) is 6.45. The van der Waals surface area contributed by atoms with E-state index < -0.39 is 11.8 Å². The monoisotopic (exact) mass is 330 g/mol. The number of alkyl halides is 2. The van der Waals surface area contributed by atoms with E-state index in [0.29, 0.717) is 35.3 Å². The number of anilines is 1. The third-order valence-corrected chi connectivity index (χ3v) is 4.45. The lowest BCUT2D eigenvalue weighted by Gasteiger charge is -2.26. The molecule has 1 saturated carbocycles. The predicted octanol–water partition coefficient (Wildman–Crippen LogP) is 3.67. The lowest BCUT2D eigenvalue weighted by atomic mass is 9.87. The van der Waals surface area contributed by atoms with E-state index in [1.54, 1.807) is 24.3 Å². The van der Waals surface area contributed by atoms with Gasteiger partial charge in [-0.1, -0.05) is 30.3 Å². The number of thioether (sulfide) groups is 1. The number of para-hydroxylation sites is 1. The topological polar surface area (TPSA) is 61.4 Å². The van der Waals surface area contributed by atoms with Crippen LogP contribution in [0.2, 0.25) is 0 Å². The molecule has 2 amide bonds. The maximum atomic E-state index is 12.5. The summed E-state index contributed by atoms with van der Waals surface area (Å²) in [4.78, 5) is 12.2. The number of aliphatic hydroxyl groups is 1. The number of nitrogens with one attached hydrogen (secondary N) is 2. The fraction of sp³-hybridized carbons (Fsp3) is 0.533. The van der Waals surface area contributed by atoms with Gasteiger partial charge in [0, 0.05) is 11.4 Å². The standard InChI is InChI=1S/C15H20F2N2O2S/c16-14(17)22-13-7-2-1-6-12(13)19-15(21)18-9-10-4-3-5-11(20)8-10/h1-2,6-7,10-11,14,20H,3-5,8-9H2,(H2,18,19,21). The Balaban J connectivity index is 1.84. The third-order valence-electron chi connectivity index (χ3n) is 3.66. The van der Waals surface area contributed by atoms with Gasteiger partial charge in [-0.15, -0.1) is 0 Å². The van der Waals surface area contributed by atoms with Crippen molar-refractivity contribution in [2.24, 2.45) is 5.92 Å². The van der Waals surface area contributed by atoms with Gasteiger partial charge < -0.3 is 15.7 Å². The van der Waals surface area contributed by atoms with Crippen molar-refractivity contribution < 1.29 is 18.7 Å². The summed E-state index contributed by atoms with van der Waals surface area (Å²) in [6, 6.07) is 6.06. The van der Waals surface area contributed by atoms with E-state index in [1.807, 2.05) is 0 Å². The van der Waals surface area contributed by atoms with E-state index in [0.717, 1.165) is 19.3 Å². The smallest absolute Gasteiger partial charge is 0.319 e. The molecule has 0 heterocycles. The normalized spacial score (nSPS) is 21.6. The highest BCUT2D eigenvalue weighted by Crippen LogP contribution is 2.31. The molecule has 7 heteroatoms. The van der Waals surface area contributed by atoms with Crippen LogP contribution in [0, 0.1) is 5.92 Å². The number of aliphatic hydroxyl groups excluding tert-OH is 1. The molecule has 1 aromatic rings. The molecule has 3 N–H and O–H groups in total. The van der Waals surface area contributed by atoms with Gasteiger partial charge in [-0.3, -0.25) is 0 Å². The first-order valence-electron chi connectivity index (χ1n) is 7.31. The van der Waals surface area contributed by atoms with Gasteiger partial charge in [-0.05, 0) is 37.3 Å². The van der Waals surface area contributed by atoms with Crippen LogP contribution in [0.4, 0.5) is 19.3 Å². The number of carbonyl (C=O) groups is 1. The Bertz CT molecular complexity index is 502. The molecule has 0 aromatic heterocycles. The molecule has 1 fully saturated rings. The minimum absolute atomic E-state index is 0.264. The predicted molar refractivity (Wildman–Crippen MR) is 83.3 cm³/mol. The fourth-order valence-electron chi connectivity index (χ4n) is 2.62. The molecular formula is C15H20F2N2O2S. The van der Waals surface area contributed by atoms with Gasteiger partial charge in [0.25, 0.3) is 5.76 Å². The number of urea groups is 1. The fourth-order valence-corrected chi connectivity index (χ4v) is 3.22. The first kappa shape index (κ1) is 17.0. The van der Waals surface area contributed by atoms with Crippen LogP contribution in [0.3, 0.4) is 0 Å². The Morgan fingerprint density at radius 3 is 2.86 bits per heavy atom. The molecule has 2 atom stereocenters. The van der Waals surface area contributed by atoms with Crippen molar-refractivity contribution in [1.82, 2.24) is 5.32 Å². The number of amides is 2. The lowest BCUT2D eigenvalue weighted by Crippen LogP contribution is -2.35. The Morgan fingerprint density at radius 2 is 2.14 bits per heavy atom. The van der Waals surface area contributed by atoms with Crippen LogP contribution >= 0.6 is 11.8 Å². The molecule has 1 aliphatic rings. The zero-order valence-electron chi connectivity index (χ0n) is 12.1. The molecule has 22 heavy (non-hydrogen) atoms. The summed E-state index contributed by atoms with van der Waals surface area (Å²) < 4.78 is 25.0. The highest BCUT2D eigenvalue weighted by atomic mass is 32.2. The van der Waals surface area contributed by atoms with Crippen molar-refractivity contribution >= 4 is 23.5 Å². The maximum absolute atomic E-state index is 12.5. The van der Waals surface area contributed by atoms with Gasteiger partial charge in [0.15, 0.2) is 0 Å². The number of benzene rings is 1. The van der Waals surface area contributed by atoms with Crippen LogP contribution in [0.5, 0.6) is 0 Å². The van der Waals surface area contributed by atoms with Crippen molar-refractivity contribution in [2.75, 3.05) is 11.9 Å². The van der Waals surface area contributed by atoms with E-state index in [1.165, 1.54) is 0 Å². The van der Waals surface area contributed by atoms with Crippen LogP contribution in [-0.4, -0.2) is 29.5 Å². The minimum Gasteiger partial charge on any atom is -0.393 e. The van der Waals surface area contributed by atoms with Crippen molar-refractivity contribution in [3.05, 3.63) is 24.3 Å². The zero-order valence-corrected chi connectivity index (χ0v) is 12.9. The van der Waals surface area contributed by atoms with Gasteiger partial charge >= 0.3 is 6.03 Å². The second-order valence-electron chi connectivity index (χ2n) is 5.40. The Morgan fingerprint density at radius 1 is 1.36 bits per heavy atom. The second-order valence-corrected chi connectivity index (χ2v) is 6.43. The van der Waals surface area contributed by atoms with Gasteiger partial charge in [0.05, 0.1) is 11.8 Å². The largest absolute Gasteiger partial charge is 0.393 e. The molecule has 0 saturated heterocycles. The second kappa shape index (κ2) is 8.33. The van der Waals surface area contributed by atoms with E-state index in [4.69, 9.17) is 0 Å². The van der Waals surface area contributed by atoms with Crippen molar-refractivity contribution in [3.63, 3.8) is 0 Å². The molecule has 122 valence electrons. The summed E-state index contributed by atoms with van der Waals surface area (Å²) >= 11 is 0.405. The van der Waals surface area contributed by atoms with Crippen LogP contribution in [-0.2, 0) is 0 Å². The summed E-state index contributed by atoms with van der Waals surface area (Å²) in [5, 5.41) is 14.9. The van der Waals surface area contributed by atoms with Gasteiger partial charge in [-0.2, -0.15) is 8.78 Å². The minimum atomic E-state index is -2.53. The number of carbonyl (C=O) groups excluding carboxylic acids is 1. The number of hydrogen-bond donors (Lipinski definition) is 3. The average Bonchev–Trinajstić information content (AvgIpc) is 2.47. The molecule has 0 radical (unpaired) electrons. The summed E-state index contributed by atoms with van der Waals surface area (Å²) in [7, 11) is 0. The van der Waals surface area contributed by atoms with Crippen LogP contribution in [0.1, 0.15) is 25.7 Å². The quantitative estimate of drug-likeness (QED) is 0.722. The summed E-state index contributed by atoms with van der Waals surface area (Å²) in [6.07, 6.45) is 3.17. The molecular weight excluding hydrogens is 310 g/mol. The van der Waals surface area contributed by atoms with Crippen molar-refractivity contribution in [2.45, 2.75) is 42.4 Å². The maximum Gasteiger partial charge on any atom is 0.319 e. The van der Waals surface area contributed by atoms with Crippen molar-refractivity contribution in [3.8, 4) is 0 Å². The number of rotatable bonds is 5. The summed E-state index contributed by atoms with van der Waals surface area (Å²) in [5.41, 5.74) is 0.369. The molecule has 4 nitrogen and oxygen atoms in total. The van der Waals surface area contributed by atoms with Gasteiger partial charge in [0.2, 0.25) is 0 Å². The van der Waals surface area contributed by atoms with Gasteiger partial charge in [-0.25, -0.2) is 4.79 Å². The number of halogens is 2. The van der Waals surface area contributed by atoms with Gasteiger partial charge in [0.1, 0.15) is 0 Å². The molecule has 2 unspecified atom stereocenters. The molecule has 1 aliphatic carbocycles. The molecule has 2 rings (SSSR count). The van der Waals surface area contributed by atoms with Crippen molar-refractivity contribution in [1.29, 1.82) is 0 Å². The van der Waals surface area contributed by atoms with E-state index >= 15 is 0 Å². The number of hydrogen-bond acceptors (Lipinski definition) is 3. The third kappa shape index (κ3) is 5.46. The van der Waals surface area contributed by atoms with Crippen LogP contribution < -0.4 is 10.6 Å². The van der Waals surface area contributed by atoms with Crippen LogP contribution in [0.15, 0.2) is 29.2 Å². The Labute approximate surface area is 132 Å².